The van der Waals surface area contributed by atoms with E-state index in [1.165, 1.54) is 11.1 Å². The van der Waals surface area contributed by atoms with Crippen LogP contribution in [0.2, 0.25) is 0 Å². The van der Waals surface area contributed by atoms with Crippen LogP contribution in [0.25, 0.3) is 0 Å². The standard InChI is InChI=1S/C23H32N4O/c1-18-9-10-20(15-22(18)28-3)16-25-23(24-2)26-21-11-13-27(14-12-21)17-19-7-5-4-6-8-19/h4-10,15,21H,11-14,16-17H2,1-3H3,(H2,24,25,26). The molecule has 0 aromatic heterocycles. The van der Waals surface area contributed by atoms with Crippen molar-refractivity contribution in [2.75, 3.05) is 27.2 Å². The fourth-order valence-electron chi connectivity index (χ4n) is 3.63. The van der Waals surface area contributed by atoms with E-state index in [1.54, 1.807) is 7.11 Å². The number of hydrogen-bond donors (Lipinski definition) is 2. The summed E-state index contributed by atoms with van der Waals surface area (Å²) in [6.07, 6.45) is 2.26. The molecule has 2 aromatic carbocycles. The van der Waals surface area contributed by atoms with Crippen molar-refractivity contribution in [1.29, 1.82) is 0 Å². The molecule has 0 saturated carbocycles. The number of aliphatic imine (C=N–C) groups is 1. The van der Waals surface area contributed by atoms with E-state index < -0.39 is 0 Å². The van der Waals surface area contributed by atoms with Gasteiger partial charge in [0.05, 0.1) is 7.11 Å². The lowest BCUT2D eigenvalue weighted by atomic mass is 10.0. The van der Waals surface area contributed by atoms with Crippen molar-refractivity contribution in [3.05, 3.63) is 65.2 Å². The molecule has 5 nitrogen and oxygen atoms in total. The molecular formula is C23H32N4O. The van der Waals surface area contributed by atoms with E-state index >= 15 is 0 Å². The molecule has 1 heterocycles. The third-order valence-electron chi connectivity index (χ3n) is 5.33. The number of hydrogen-bond acceptors (Lipinski definition) is 3. The molecule has 2 aromatic rings. The van der Waals surface area contributed by atoms with E-state index in [1.807, 2.05) is 7.05 Å². The Bertz CT molecular complexity index is 767. The van der Waals surface area contributed by atoms with Gasteiger partial charge in [0.25, 0.3) is 0 Å². The molecule has 0 atom stereocenters. The highest BCUT2D eigenvalue weighted by Crippen LogP contribution is 2.19. The maximum atomic E-state index is 5.41. The van der Waals surface area contributed by atoms with E-state index in [9.17, 15) is 0 Å². The molecule has 150 valence electrons. The highest BCUT2D eigenvalue weighted by atomic mass is 16.5. The molecule has 0 radical (unpaired) electrons. The highest BCUT2D eigenvalue weighted by Gasteiger charge is 2.20. The van der Waals surface area contributed by atoms with Gasteiger partial charge in [0, 0.05) is 39.3 Å². The molecule has 1 fully saturated rings. The zero-order valence-electron chi connectivity index (χ0n) is 17.2. The largest absolute Gasteiger partial charge is 0.496 e. The Labute approximate surface area is 168 Å². The number of ether oxygens (including phenoxy) is 1. The number of benzene rings is 2. The van der Waals surface area contributed by atoms with Crippen molar-refractivity contribution in [1.82, 2.24) is 15.5 Å². The molecule has 5 heteroatoms. The number of nitrogens with one attached hydrogen (secondary N) is 2. The molecule has 0 spiro atoms. The molecule has 0 bridgehead atoms. The fourth-order valence-corrected chi connectivity index (χ4v) is 3.63. The monoisotopic (exact) mass is 380 g/mol. The van der Waals surface area contributed by atoms with Gasteiger partial charge in [0.2, 0.25) is 0 Å². The van der Waals surface area contributed by atoms with Crippen LogP contribution in [0.1, 0.15) is 29.5 Å². The van der Waals surface area contributed by atoms with Crippen LogP contribution in [0.5, 0.6) is 5.75 Å². The van der Waals surface area contributed by atoms with Gasteiger partial charge in [-0.05, 0) is 42.5 Å². The van der Waals surface area contributed by atoms with E-state index in [0.29, 0.717) is 6.04 Å². The maximum absolute atomic E-state index is 5.41. The Morgan fingerprint density at radius 2 is 1.86 bits per heavy atom. The van der Waals surface area contributed by atoms with Gasteiger partial charge < -0.3 is 15.4 Å². The van der Waals surface area contributed by atoms with Crippen LogP contribution >= 0.6 is 0 Å². The summed E-state index contributed by atoms with van der Waals surface area (Å²) in [5, 5.41) is 7.01. The SMILES string of the molecule is CN=C(NCc1ccc(C)c(OC)c1)NC1CCN(Cc2ccccc2)CC1. The van der Waals surface area contributed by atoms with Gasteiger partial charge in [0.15, 0.2) is 5.96 Å². The summed E-state index contributed by atoms with van der Waals surface area (Å²) in [5.41, 5.74) is 3.72. The van der Waals surface area contributed by atoms with Crippen LogP contribution < -0.4 is 15.4 Å². The fraction of sp³-hybridized carbons (Fsp3) is 0.435. The predicted molar refractivity (Wildman–Crippen MR) is 116 cm³/mol. The van der Waals surface area contributed by atoms with E-state index in [0.717, 1.165) is 56.3 Å². The summed E-state index contributed by atoms with van der Waals surface area (Å²) in [7, 11) is 3.54. The Morgan fingerprint density at radius 1 is 1.11 bits per heavy atom. The zero-order chi connectivity index (χ0) is 19.8. The number of nitrogens with zero attached hydrogens (tertiary/aromatic N) is 2. The first-order chi connectivity index (χ1) is 13.7. The summed E-state index contributed by atoms with van der Waals surface area (Å²) in [6.45, 7) is 6.04. The van der Waals surface area contributed by atoms with Crippen molar-refractivity contribution in [3.8, 4) is 5.75 Å². The second-order valence-corrected chi connectivity index (χ2v) is 7.41. The third-order valence-corrected chi connectivity index (χ3v) is 5.33. The molecule has 2 N–H and O–H groups in total. The summed E-state index contributed by atoms with van der Waals surface area (Å²) in [4.78, 5) is 6.92. The predicted octanol–water partition coefficient (Wildman–Crippen LogP) is 3.33. The Morgan fingerprint density at radius 3 is 2.54 bits per heavy atom. The second-order valence-electron chi connectivity index (χ2n) is 7.41. The van der Waals surface area contributed by atoms with Gasteiger partial charge in [-0.25, -0.2) is 0 Å². The Kier molecular flexibility index (Phi) is 7.31. The van der Waals surface area contributed by atoms with Gasteiger partial charge in [-0.1, -0.05) is 42.5 Å². The van der Waals surface area contributed by atoms with Crippen molar-refractivity contribution < 1.29 is 4.74 Å². The van der Waals surface area contributed by atoms with Crippen molar-refractivity contribution in [3.63, 3.8) is 0 Å². The van der Waals surface area contributed by atoms with Crippen LogP contribution in [0, 0.1) is 6.92 Å². The van der Waals surface area contributed by atoms with Crippen LogP contribution in [-0.4, -0.2) is 44.1 Å². The quantitative estimate of drug-likeness (QED) is 0.596. The van der Waals surface area contributed by atoms with Crippen LogP contribution in [0.4, 0.5) is 0 Å². The third kappa shape index (κ3) is 5.73. The smallest absolute Gasteiger partial charge is 0.191 e. The van der Waals surface area contributed by atoms with E-state index in [4.69, 9.17) is 4.74 Å². The van der Waals surface area contributed by atoms with Crippen LogP contribution in [0.15, 0.2) is 53.5 Å². The van der Waals surface area contributed by atoms with Crippen molar-refractivity contribution in [2.45, 2.75) is 38.9 Å². The molecule has 3 rings (SSSR count). The minimum atomic E-state index is 0.464. The molecule has 0 aliphatic carbocycles. The van der Waals surface area contributed by atoms with E-state index in [-0.39, 0.29) is 0 Å². The van der Waals surface area contributed by atoms with Gasteiger partial charge in [0.1, 0.15) is 5.75 Å². The first-order valence-electron chi connectivity index (χ1n) is 10.0. The molecule has 1 aliphatic rings. The lowest BCUT2D eigenvalue weighted by Crippen LogP contribution is -2.48. The van der Waals surface area contributed by atoms with Gasteiger partial charge in [-0.15, -0.1) is 0 Å². The van der Waals surface area contributed by atoms with E-state index in [2.05, 4.69) is 76.0 Å². The first kappa shape index (κ1) is 20.2. The molecule has 0 amide bonds. The lowest BCUT2D eigenvalue weighted by Gasteiger charge is -2.33. The average molecular weight is 381 g/mol. The molecule has 1 saturated heterocycles. The van der Waals surface area contributed by atoms with Gasteiger partial charge in [-0.2, -0.15) is 0 Å². The maximum Gasteiger partial charge on any atom is 0.191 e. The topological polar surface area (TPSA) is 48.9 Å². The second kappa shape index (κ2) is 10.1. The Balaban J connectivity index is 1.44. The van der Waals surface area contributed by atoms with Gasteiger partial charge >= 0.3 is 0 Å². The number of methoxy groups -OCH3 is 1. The van der Waals surface area contributed by atoms with Crippen molar-refractivity contribution >= 4 is 5.96 Å². The summed E-state index contributed by atoms with van der Waals surface area (Å²) >= 11 is 0. The van der Waals surface area contributed by atoms with Crippen LogP contribution in [0.3, 0.4) is 0 Å². The molecular weight excluding hydrogens is 348 g/mol. The normalized spacial score (nSPS) is 16.0. The molecule has 0 unspecified atom stereocenters. The number of likely N-dealkylation sites (tertiary alicyclic amines) is 1. The van der Waals surface area contributed by atoms with Gasteiger partial charge in [-0.3, -0.25) is 9.89 Å². The lowest BCUT2D eigenvalue weighted by molar-refractivity contribution is 0.198. The Hall–Kier alpha value is -2.53. The van der Waals surface area contributed by atoms with Crippen LogP contribution in [-0.2, 0) is 13.1 Å². The average Bonchev–Trinajstić information content (AvgIpc) is 2.74. The minimum absolute atomic E-state index is 0.464. The summed E-state index contributed by atoms with van der Waals surface area (Å²) in [6, 6.07) is 17.5. The first-order valence-corrected chi connectivity index (χ1v) is 10.0. The van der Waals surface area contributed by atoms with Crippen molar-refractivity contribution in [2.24, 2.45) is 4.99 Å². The number of rotatable bonds is 6. The number of aryl methyl sites for hydroxylation is 1. The summed E-state index contributed by atoms with van der Waals surface area (Å²) in [5.74, 6) is 1.79. The molecule has 28 heavy (non-hydrogen) atoms. The minimum Gasteiger partial charge on any atom is -0.496 e. The number of piperidine rings is 1. The zero-order valence-corrected chi connectivity index (χ0v) is 17.2. The number of guanidine groups is 1. The molecule has 1 aliphatic heterocycles. The summed E-state index contributed by atoms with van der Waals surface area (Å²) < 4.78 is 5.41. The highest BCUT2D eigenvalue weighted by molar-refractivity contribution is 5.80.